The third-order valence-corrected chi connectivity index (χ3v) is 6.44. The molecule has 1 aliphatic rings. The standard InChI is InChI=1S/C18H26INO7PS/c1-18(17(22)27-19-28)12-29-16(20-18)14-4-3-13(11-15(14)21)26-10-9-25-8-7-24-6-5-23-2/h3-4,11,21H,5-10,12,28H2,1-2H3/q-1/t18-/m1/s1. The summed E-state index contributed by atoms with van der Waals surface area (Å²) in [4.78, 5) is 16.6. The van der Waals surface area contributed by atoms with Crippen molar-refractivity contribution in [2.75, 3.05) is 52.5 Å². The van der Waals surface area contributed by atoms with Crippen LogP contribution in [0.2, 0.25) is 0 Å². The zero-order valence-electron chi connectivity index (χ0n) is 16.4. The second-order valence-electron chi connectivity index (χ2n) is 6.18. The van der Waals surface area contributed by atoms with Crippen LogP contribution in [0.5, 0.6) is 11.5 Å². The van der Waals surface area contributed by atoms with Crippen LogP contribution in [0.4, 0.5) is 0 Å². The molecule has 2 atom stereocenters. The van der Waals surface area contributed by atoms with E-state index in [1.54, 1.807) is 26.2 Å². The number of ether oxygens (including phenoxy) is 4. The predicted octanol–water partition coefficient (Wildman–Crippen LogP) is -0.960. The summed E-state index contributed by atoms with van der Waals surface area (Å²) in [5, 5.41) is 11.0. The van der Waals surface area contributed by atoms with E-state index in [-0.39, 0.29) is 11.7 Å². The Bertz CT molecular complexity index is 709. The van der Waals surface area contributed by atoms with Crippen molar-refractivity contribution in [2.45, 2.75) is 12.5 Å². The SMILES string of the molecule is COCCOCCOCCOc1ccc(C2=N[C@@](C)(C(=O)O[I-]P)CS2)c(O)c1. The molecule has 0 amide bonds. The van der Waals surface area contributed by atoms with Crippen LogP contribution in [0.25, 0.3) is 0 Å². The summed E-state index contributed by atoms with van der Waals surface area (Å²) in [5.41, 5.74) is -0.341. The van der Waals surface area contributed by atoms with Gasteiger partial charge in [0.15, 0.2) is 0 Å². The third-order valence-electron chi connectivity index (χ3n) is 3.89. The number of benzene rings is 1. The van der Waals surface area contributed by atoms with Crippen LogP contribution < -0.4 is 25.8 Å². The van der Waals surface area contributed by atoms with Crippen molar-refractivity contribution >= 4 is 29.7 Å². The van der Waals surface area contributed by atoms with Crippen LogP contribution in [-0.4, -0.2) is 74.2 Å². The summed E-state index contributed by atoms with van der Waals surface area (Å²) >= 11 is 0.747. The predicted molar refractivity (Wildman–Crippen MR) is 110 cm³/mol. The molecule has 1 aromatic rings. The van der Waals surface area contributed by atoms with Gasteiger partial charge in [-0.25, -0.2) is 0 Å². The molecule has 0 fully saturated rings. The number of aliphatic imine (C=N–C) groups is 1. The Hall–Kier alpha value is -0.650. The number of hydrogen-bond donors (Lipinski definition) is 1. The Morgan fingerprint density at radius 3 is 2.59 bits per heavy atom. The number of thioether (sulfide) groups is 1. The molecule has 1 aliphatic heterocycles. The van der Waals surface area contributed by atoms with Crippen LogP contribution in [-0.2, 0) is 22.1 Å². The first-order chi connectivity index (χ1) is 14.0. The molecular weight excluding hydrogens is 532 g/mol. The molecule has 1 heterocycles. The first-order valence-corrected chi connectivity index (χ1v) is 14.9. The number of phenolic OH excluding ortho intramolecular Hbond substituents is 1. The van der Waals surface area contributed by atoms with Crippen LogP contribution in [0.15, 0.2) is 23.2 Å². The first-order valence-electron chi connectivity index (χ1n) is 8.88. The second kappa shape index (κ2) is 12.9. The van der Waals surface area contributed by atoms with Crippen molar-refractivity contribution in [2.24, 2.45) is 4.99 Å². The number of aromatic hydroxyl groups is 1. The molecule has 0 spiro atoms. The van der Waals surface area contributed by atoms with Gasteiger partial charge in [0, 0.05) is 7.11 Å². The van der Waals surface area contributed by atoms with E-state index in [1.807, 2.05) is 0 Å². The van der Waals surface area contributed by atoms with Crippen molar-refractivity contribution < 1.29 is 53.0 Å². The van der Waals surface area contributed by atoms with Crippen molar-refractivity contribution in [3.8, 4) is 11.5 Å². The van der Waals surface area contributed by atoms with Gasteiger partial charge in [-0.3, -0.25) is 0 Å². The Balaban J connectivity index is 1.79. The van der Waals surface area contributed by atoms with E-state index in [4.69, 9.17) is 22.0 Å². The van der Waals surface area contributed by atoms with E-state index >= 15 is 0 Å². The van der Waals surface area contributed by atoms with Gasteiger partial charge in [0.1, 0.15) is 0 Å². The van der Waals surface area contributed by atoms with Crippen LogP contribution in [0, 0.1) is 0 Å². The topological polar surface area (TPSA) is 95.8 Å². The number of carbonyl (C=O) groups is 1. The Morgan fingerprint density at radius 2 is 1.93 bits per heavy atom. The molecule has 0 saturated carbocycles. The second-order valence-corrected chi connectivity index (χ2v) is 9.29. The maximum absolute atomic E-state index is 12.1. The average molecular weight is 558 g/mol. The van der Waals surface area contributed by atoms with E-state index in [9.17, 15) is 9.90 Å². The number of hydrogen-bond acceptors (Lipinski definition) is 9. The van der Waals surface area contributed by atoms with Gasteiger partial charge >= 0.3 is 140 Å². The van der Waals surface area contributed by atoms with Crippen LogP contribution >= 0.6 is 18.6 Å². The summed E-state index contributed by atoms with van der Waals surface area (Å²) in [6, 6.07) is 5.03. The van der Waals surface area contributed by atoms with Crippen LogP contribution in [0.1, 0.15) is 12.5 Å². The molecule has 0 radical (unpaired) electrons. The van der Waals surface area contributed by atoms with Gasteiger partial charge in [0.25, 0.3) is 0 Å². The van der Waals surface area contributed by atoms with E-state index in [1.165, 1.54) is 17.8 Å². The number of nitrogens with zero attached hydrogens (tertiary/aromatic N) is 1. The van der Waals surface area contributed by atoms with Gasteiger partial charge in [0.2, 0.25) is 0 Å². The average Bonchev–Trinajstić information content (AvgIpc) is 3.10. The molecule has 1 unspecified atom stereocenters. The van der Waals surface area contributed by atoms with E-state index in [0.29, 0.717) is 61.8 Å². The van der Waals surface area contributed by atoms with Crippen LogP contribution in [0.3, 0.4) is 0 Å². The number of methoxy groups -OCH3 is 1. The fourth-order valence-electron chi connectivity index (χ4n) is 2.33. The van der Waals surface area contributed by atoms with Gasteiger partial charge in [0.05, 0.1) is 26.4 Å². The minimum absolute atomic E-state index is 0.0531. The number of halogens is 1. The fraction of sp³-hybridized carbons (Fsp3) is 0.556. The summed E-state index contributed by atoms with van der Waals surface area (Å²) in [5.74, 6) is 0.744. The molecule has 0 bridgehead atoms. The zero-order chi connectivity index (χ0) is 21.1. The van der Waals surface area contributed by atoms with E-state index in [0.717, 1.165) is 0 Å². The molecule has 11 heteroatoms. The Morgan fingerprint density at radius 1 is 1.24 bits per heavy atom. The molecule has 0 saturated heterocycles. The minimum atomic E-state index is -0.914. The number of phenols is 1. The molecule has 0 aliphatic carbocycles. The van der Waals surface area contributed by atoms with Crippen molar-refractivity contribution in [3.05, 3.63) is 23.8 Å². The normalized spacial score (nSPS) is 18.7. The molecular formula is C18H26INO7PS-. The molecule has 2 rings (SSSR count). The van der Waals surface area contributed by atoms with E-state index < -0.39 is 26.6 Å². The Labute approximate surface area is 187 Å². The molecule has 1 N–H and O–H groups in total. The molecule has 29 heavy (non-hydrogen) atoms. The van der Waals surface area contributed by atoms with Gasteiger partial charge in [-0.2, -0.15) is 0 Å². The van der Waals surface area contributed by atoms with Gasteiger partial charge < -0.3 is 14.2 Å². The van der Waals surface area contributed by atoms with Gasteiger partial charge in [-0.15, -0.1) is 0 Å². The van der Waals surface area contributed by atoms with Crippen molar-refractivity contribution in [3.63, 3.8) is 0 Å². The van der Waals surface area contributed by atoms with E-state index in [2.05, 4.69) is 11.9 Å². The summed E-state index contributed by atoms with van der Waals surface area (Å²) in [6.07, 6.45) is 0. The summed E-state index contributed by atoms with van der Waals surface area (Å²) in [7, 11) is 1.63. The van der Waals surface area contributed by atoms with Gasteiger partial charge in [-0.05, 0) is 0 Å². The molecule has 164 valence electrons. The summed E-state index contributed by atoms with van der Waals surface area (Å²) < 4.78 is 26.4. The molecule has 8 nitrogen and oxygen atoms in total. The zero-order valence-corrected chi connectivity index (χ0v) is 20.5. The van der Waals surface area contributed by atoms with Crippen molar-refractivity contribution in [1.29, 1.82) is 0 Å². The fourth-order valence-corrected chi connectivity index (χ4v) is 4.77. The third kappa shape index (κ3) is 7.84. The molecule has 1 aromatic carbocycles. The van der Waals surface area contributed by atoms with Gasteiger partial charge in [-0.1, -0.05) is 0 Å². The number of rotatable bonds is 13. The quantitative estimate of drug-likeness (QED) is 0.188. The monoisotopic (exact) mass is 558 g/mol. The molecule has 0 aromatic heterocycles. The number of carbonyl (C=O) groups excluding carboxylic acids is 1. The maximum atomic E-state index is 12.1. The summed E-state index contributed by atoms with van der Waals surface area (Å²) in [6.45, 7) is 7.07. The Kier molecular flexibility index (Phi) is 11.0. The van der Waals surface area contributed by atoms with Crippen molar-refractivity contribution in [1.82, 2.24) is 0 Å². The first kappa shape index (κ1) is 24.6.